The molecule has 2 rings (SSSR count). The Hall–Kier alpha value is -3.42. The van der Waals surface area contributed by atoms with Crippen LogP contribution in [0.2, 0.25) is 0 Å². The van der Waals surface area contributed by atoms with Gasteiger partial charge in [0, 0.05) is 32.0 Å². The molecule has 0 aromatic rings. The normalized spacial score (nSPS) is 24.9. The van der Waals surface area contributed by atoms with E-state index < -0.39 is 53.5 Å². The molecule has 0 bridgehead atoms. The van der Waals surface area contributed by atoms with Crippen LogP contribution in [0.5, 0.6) is 0 Å². The SMILES string of the molecule is COC(=O)[C@@H]1C[C@@H](C)[C@@H](CC(=O)N(C)OC)N1C(=O)OC(C)(C)C.COC(=O)[C@@H]1C[C@@H](C)[C@@H](CC=O)N1C(=O)OC(C)(C)C. The number of ether oxygens (including phenoxy) is 4. The highest BCUT2D eigenvalue weighted by Crippen LogP contribution is 2.35. The average molecular weight is 630 g/mol. The van der Waals surface area contributed by atoms with Crippen LogP contribution in [-0.2, 0) is 43.0 Å². The molecule has 0 radical (unpaired) electrons. The van der Waals surface area contributed by atoms with E-state index in [1.165, 1.54) is 38.2 Å². The van der Waals surface area contributed by atoms with Crippen LogP contribution in [0.3, 0.4) is 0 Å². The van der Waals surface area contributed by atoms with Gasteiger partial charge < -0.3 is 23.7 Å². The summed E-state index contributed by atoms with van der Waals surface area (Å²) in [5.74, 6) is -1.29. The predicted octanol–water partition coefficient (Wildman–Crippen LogP) is 3.35. The zero-order chi connectivity index (χ0) is 34.2. The molecule has 0 saturated carbocycles. The second-order valence-electron chi connectivity index (χ2n) is 13.1. The summed E-state index contributed by atoms with van der Waals surface area (Å²) in [6.07, 6.45) is 0.680. The third-order valence-corrected chi connectivity index (χ3v) is 7.39. The smallest absolute Gasteiger partial charge is 0.411 e. The Kier molecular flexibility index (Phi) is 14.1. The second kappa shape index (κ2) is 16.1. The van der Waals surface area contributed by atoms with Crippen LogP contribution < -0.4 is 0 Å². The van der Waals surface area contributed by atoms with Crippen LogP contribution in [0.1, 0.15) is 81.1 Å². The first-order chi connectivity index (χ1) is 20.2. The molecule has 14 nitrogen and oxygen atoms in total. The van der Waals surface area contributed by atoms with Gasteiger partial charge in [-0.2, -0.15) is 0 Å². The number of nitrogens with zero attached hydrogens (tertiary/aromatic N) is 3. The van der Waals surface area contributed by atoms with Gasteiger partial charge in [0.15, 0.2) is 0 Å². The molecule has 2 aliphatic rings. The summed E-state index contributed by atoms with van der Waals surface area (Å²) in [5, 5.41) is 1.10. The molecule has 44 heavy (non-hydrogen) atoms. The van der Waals surface area contributed by atoms with Crippen LogP contribution in [0.15, 0.2) is 0 Å². The van der Waals surface area contributed by atoms with Crippen LogP contribution in [0.4, 0.5) is 9.59 Å². The number of carbonyl (C=O) groups is 6. The summed E-state index contributed by atoms with van der Waals surface area (Å²) < 4.78 is 20.3. The molecule has 0 unspecified atom stereocenters. The first-order valence-corrected chi connectivity index (χ1v) is 14.6. The molecule has 0 aliphatic carbocycles. The fraction of sp³-hybridized carbons (Fsp3) is 0.800. The number of esters is 2. The molecular weight excluding hydrogens is 578 g/mol. The second-order valence-corrected chi connectivity index (χ2v) is 13.1. The minimum Gasteiger partial charge on any atom is -0.467 e. The van der Waals surface area contributed by atoms with Crippen molar-refractivity contribution in [2.24, 2.45) is 11.8 Å². The van der Waals surface area contributed by atoms with Gasteiger partial charge in [-0.15, -0.1) is 0 Å². The van der Waals surface area contributed by atoms with E-state index >= 15 is 0 Å². The summed E-state index contributed by atoms with van der Waals surface area (Å²) in [6.45, 7) is 14.3. The number of amides is 3. The van der Waals surface area contributed by atoms with E-state index in [4.69, 9.17) is 23.8 Å². The topological polar surface area (TPSA) is 158 Å². The minimum absolute atomic E-state index is 0.0387. The Morgan fingerprint density at radius 2 is 1.14 bits per heavy atom. The van der Waals surface area contributed by atoms with Gasteiger partial charge in [-0.05, 0) is 66.2 Å². The molecule has 252 valence electrons. The lowest BCUT2D eigenvalue weighted by atomic mass is 9.98. The van der Waals surface area contributed by atoms with Crippen molar-refractivity contribution in [3.63, 3.8) is 0 Å². The number of methoxy groups -OCH3 is 2. The maximum atomic E-state index is 12.6. The van der Waals surface area contributed by atoms with Crippen molar-refractivity contribution in [1.29, 1.82) is 0 Å². The highest BCUT2D eigenvalue weighted by atomic mass is 16.7. The average Bonchev–Trinajstić information content (AvgIpc) is 3.42. The van der Waals surface area contributed by atoms with E-state index in [2.05, 4.69) is 0 Å². The van der Waals surface area contributed by atoms with E-state index in [0.29, 0.717) is 12.8 Å². The first-order valence-electron chi connectivity index (χ1n) is 14.6. The zero-order valence-corrected chi connectivity index (χ0v) is 28.2. The van der Waals surface area contributed by atoms with Crippen LogP contribution in [0, 0.1) is 11.8 Å². The van der Waals surface area contributed by atoms with Gasteiger partial charge in [-0.3, -0.25) is 19.4 Å². The van der Waals surface area contributed by atoms with Crippen molar-refractivity contribution in [2.75, 3.05) is 28.4 Å². The Balaban J connectivity index is 0.000000447. The van der Waals surface area contributed by atoms with Crippen molar-refractivity contribution >= 4 is 36.3 Å². The molecule has 14 heteroatoms. The molecular formula is C30H51N3O11. The largest absolute Gasteiger partial charge is 0.467 e. The van der Waals surface area contributed by atoms with Gasteiger partial charge in [0.05, 0.1) is 21.3 Å². The van der Waals surface area contributed by atoms with Crippen molar-refractivity contribution in [3.05, 3.63) is 0 Å². The van der Waals surface area contributed by atoms with Crippen molar-refractivity contribution in [3.8, 4) is 0 Å². The van der Waals surface area contributed by atoms with Crippen LogP contribution >= 0.6 is 0 Å². The zero-order valence-electron chi connectivity index (χ0n) is 28.2. The molecule has 2 aliphatic heterocycles. The lowest BCUT2D eigenvalue weighted by molar-refractivity contribution is -0.170. The quantitative estimate of drug-likeness (QED) is 0.176. The summed E-state index contributed by atoms with van der Waals surface area (Å²) in [7, 11) is 5.45. The van der Waals surface area contributed by atoms with E-state index in [0.717, 1.165) is 11.3 Å². The lowest BCUT2D eigenvalue weighted by Gasteiger charge is -2.32. The summed E-state index contributed by atoms with van der Waals surface area (Å²) in [6, 6.07) is -2.24. The Morgan fingerprint density at radius 3 is 1.48 bits per heavy atom. The van der Waals surface area contributed by atoms with Gasteiger partial charge in [-0.1, -0.05) is 13.8 Å². The molecule has 3 amide bonds. The summed E-state index contributed by atoms with van der Waals surface area (Å²) in [5.41, 5.74) is -1.36. The van der Waals surface area contributed by atoms with E-state index in [1.807, 2.05) is 13.8 Å². The fourth-order valence-electron chi connectivity index (χ4n) is 5.26. The first kappa shape index (κ1) is 38.6. The highest BCUT2D eigenvalue weighted by molar-refractivity contribution is 5.84. The van der Waals surface area contributed by atoms with E-state index in [-0.39, 0.29) is 36.6 Å². The number of hydroxylamine groups is 2. The number of carbonyl (C=O) groups excluding carboxylic acids is 6. The minimum atomic E-state index is -0.759. The predicted molar refractivity (Wildman–Crippen MR) is 158 cm³/mol. The van der Waals surface area contributed by atoms with Crippen molar-refractivity contribution in [2.45, 2.75) is 116 Å². The molecule has 0 aromatic heterocycles. The molecule has 0 N–H and O–H groups in total. The van der Waals surface area contributed by atoms with E-state index in [9.17, 15) is 28.8 Å². The molecule has 2 saturated heterocycles. The highest BCUT2D eigenvalue weighted by Gasteiger charge is 2.49. The molecule has 2 fully saturated rings. The Labute approximate surface area is 260 Å². The third-order valence-electron chi connectivity index (χ3n) is 7.39. The summed E-state index contributed by atoms with van der Waals surface area (Å²) >= 11 is 0. The van der Waals surface area contributed by atoms with E-state index in [1.54, 1.807) is 41.5 Å². The number of rotatable bonds is 7. The van der Waals surface area contributed by atoms with Gasteiger partial charge in [0.25, 0.3) is 0 Å². The maximum Gasteiger partial charge on any atom is 0.411 e. The number of hydrogen-bond acceptors (Lipinski definition) is 11. The molecule has 0 spiro atoms. The van der Waals surface area contributed by atoms with Gasteiger partial charge in [0.1, 0.15) is 29.6 Å². The monoisotopic (exact) mass is 629 g/mol. The Bertz CT molecular complexity index is 1040. The van der Waals surface area contributed by atoms with Gasteiger partial charge in [0.2, 0.25) is 5.91 Å². The standard InChI is InChI=1S/C16H28N2O6.C14H23NO5/c1-10-8-12(14(20)22-6)18(15(21)24-16(2,3)4)11(10)9-13(19)17(5)23-7;1-9-8-11(12(17)19-5)15(10(9)6-7-16)13(18)20-14(2,3)4/h10-12H,8-9H2,1-7H3;7,9-11H,6,8H2,1-5H3/t10-,11-,12+;9-,10-,11+/m11/s1. The number of likely N-dealkylation sites (tertiary alicyclic amines) is 2. The van der Waals surface area contributed by atoms with Gasteiger partial charge >= 0.3 is 24.1 Å². The Morgan fingerprint density at radius 1 is 0.750 bits per heavy atom. The maximum absolute atomic E-state index is 12.6. The van der Waals surface area contributed by atoms with Crippen molar-refractivity contribution in [1.82, 2.24) is 14.9 Å². The number of aldehydes is 1. The third kappa shape index (κ3) is 10.6. The van der Waals surface area contributed by atoms with Crippen molar-refractivity contribution < 1.29 is 52.6 Å². The molecule has 2 heterocycles. The van der Waals surface area contributed by atoms with Crippen LogP contribution in [0.25, 0.3) is 0 Å². The molecule has 0 aromatic carbocycles. The fourth-order valence-corrected chi connectivity index (χ4v) is 5.26. The van der Waals surface area contributed by atoms with Gasteiger partial charge in [-0.25, -0.2) is 24.2 Å². The molecule has 6 atom stereocenters. The summed E-state index contributed by atoms with van der Waals surface area (Å²) in [4.78, 5) is 79.4. The number of hydrogen-bond donors (Lipinski definition) is 0. The van der Waals surface area contributed by atoms with Crippen LogP contribution in [-0.4, -0.2) is 115 Å². The lowest BCUT2D eigenvalue weighted by Crippen LogP contribution is -2.49.